The van der Waals surface area contributed by atoms with Crippen LogP contribution in [0.25, 0.3) is 0 Å². The van der Waals surface area contributed by atoms with Crippen molar-refractivity contribution < 1.29 is 14.3 Å². The predicted molar refractivity (Wildman–Crippen MR) is 113 cm³/mol. The maximum absolute atomic E-state index is 12.0. The van der Waals surface area contributed by atoms with Gasteiger partial charge in [0, 0.05) is 25.0 Å². The molecule has 156 valence electrons. The molecule has 28 heavy (non-hydrogen) atoms. The van der Waals surface area contributed by atoms with E-state index in [1.54, 1.807) is 7.11 Å². The average Bonchev–Trinajstić information content (AvgIpc) is 2.71. The Morgan fingerprint density at radius 3 is 2.39 bits per heavy atom. The zero-order valence-electron chi connectivity index (χ0n) is 18.0. The summed E-state index contributed by atoms with van der Waals surface area (Å²) in [6.45, 7) is 11.9. The summed E-state index contributed by atoms with van der Waals surface area (Å²) in [7, 11) is 1.68. The first-order valence-electron chi connectivity index (χ1n) is 10.3. The number of piperidine rings is 1. The molecule has 1 N–H and O–H groups in total. The van der Waals surface area contributed by atoms with E-state index in [9.17, 15) is 4.79 Å². The Morgan fingerprint density at radius 1 is 1.21 bits per heavy atom. The number of likely N-dealkylation sites (tertiary alicyclic amines) is 1. The molecule has 1 aliphatic rings. The van der Waals surface area contributed by atoms with Gasteiger partial charge >= 0.3 is 5.97 Å². The van der Waals surface area contributed by atoms with Crippen LogP contribution in [0.1, 0.15) is 46.1 Å². The molecule has 0 aliphatic carbocycles. The highest BCUT2D eigenvalue weighted by molar-refractivity contribution is 5.80. The minimum atomic E-state index is -0.0871. The zero-order chi connectivity index (χ0) is 20.6. The third kappa shape index (κ3) is 5.88. The van der Waals surface area contributed by atoms with Crippen LogP contribution in [-0.4, -0.2) is 56.7 Å². The van der Waals surface area contributed by atoms with Crippen LogP contribution >= 0.6 is 0 Å². The second-order valence-electron chi connectivity index (χ2n) is 7.80. The maximum atomic E-state index is 12.0. The van der Waals surface area contributed by atoms with Crippen molar-refractivity contribution in [1.29, 1.82) is 0 Å². The van der Waals surface area contributed by atoms with Crippen LogP contribution in [0.5, 0.6) is 5.75 Å². The van der Waals surface area contributed by atoms with Gasteiger partial charge in [-0.3, -0.25) is 9.79 Å². The van der Waals surface area contributed by atoms with Gasteiger partial charge in [0.15, 0.2) is 5.96 Å². The number of carbonyl (C=O) groups is 1. The molecular weight excluding hydrogens is 354 g/mol. The Hall–Kier alpha value is -2.24. The average molecular weight is 390 g/mol. The second-order valence-corrected chi connectivity index (χ2v) is 7.80. The van der Waals surface area contributed by atoms with Crippen LogP contribution in [0, 0.1) is 5.92 Å². The first kappa shape index (κ1) is 22.1. The standard InChI is InChI=1S/C22H35N3O3/c1-6-23-21(25-14-12-17(13-15-25)20(26)28-7-2)24-16-22(3,4)18-8-10-19(27-5)11-9-18/h8-11,17H,6-7,12-16H2,1-5H3,(H,23,24). The van der Waals surface area contributed by atoms with Crippen LogP contribution < -0.4 is 10.1 Å². The summed E-state index contributed by atoms with van der Waals surface area (Å²) in [6.07, 6.45) is 1.62. The van der Waals surface area contributed by atoms with E-state index < -0.39 is 0 Å². The number of nitrogens with one attached hydrogen (secondary N) is 1. The molecule has 1 fully saturated rings. The monoisotopic (exact) mass is 389 g/mol. The summed E-state index contributed by atoms with van der Waals surface area (Å²) >= 11 is 0. The predicted octanol–water partition coefficient (Wildman–Crippen LogP) is 3.21. The van der Waals surface area contributed by atoms with Crippen molar-refractivity contribution in [3.05, 3.63) is 29.8 Å². The number of benzene rings is 1. The van der Waals surface area contributed by atoms with E-state index in [1.165, 1.54) is 5.56 Å². The molecule has 0 atom stereocenters. The Labute approximate surface area is 169 Å². The number of carbonyl (C=O) groups excluding carboxylic acids is 1. The van der Waals surface area contributed by atoms with Crippen molar-refractivity contribution in [1.82, 2.24) is 10.2 Å². The second kappa shape index (κ2) is 10.3. The number of methoxy groups -OCH3 is 1. The number of hydrogen-bond acceptors (Lipinski definition) is 4. The quantitative estimate of drug-likeness (QED) is 0.441. The summed E-state index contributed by atoms with van der Waals surface area (Å²) in [5, 5.41) is 3.40. The van der Waals surface area contributed by atoms with Crippen LogP contribution in [0.2, 0.25) is 0 Å². The number of rotatable bonds is 7. The zero-order valence-corrected chi connectivity index (χ0v) is 18.0. The summed E-state index contributed by atoms with van der Waals surface area (Å²) in [5.41, 5.74) is 1.14. The molecule has 0 saturated carbocycles. The minimum Gasteiger partial charge on any atom is -0.497 e. The van der Waals surface area contributed by atoms with Crippen LogP contribution in [0.15, 0.2) is 29.3 Å². The molecule has 6 nitrogen and oxygen atoms in total. The molecule has 0 amide bonds. The van der Waals surface area contributed by atoms with Gasteiger partial charge in [0.2, 0.25) is 0 Å². The topological polar surface area (TPSA) is 63.2 Å². The smallest absolute Gasteiger partial charge is 0.309 e. The van der Waals surface area contributed by atoms with Crippen molar-refractivity contribution in [2.45, 2.75) is 46.0 Å². The van der Waals surface area contributed by atoms with Gasteiger partial charge in [-0.15, -0.1) is 0 Å². The lowest BCUT2D eigenvalue weighted by atomic mass is 9.85. The van der Waals surface area contributed by atoms with Gasteiger partial charge in [0.25, 0.3) is 0 Å². The Morgan fingerprint density at radius 2 is 1.86 bits per heavy atom. The number of esters is 1. The summed E-state index contributed by atoms with van der Waals surface area (Å²) in [4.78, 5) is 19.1. The van der Waals surface area contributed by atoms with E-state index in [-0.39, 0.29) is 17.3 Å². The number of nitrogens with zero attached hydrogens (tertiary/aromatic N) is 2. The molecule has 1 aromatic rings. The van der Waals surface area contributed by atoms with E-state index in [0.717, 1.165) is 44.2 Å². The molecule has 1 aromatic carbocycles. The van der Waals surface area contributed by atoms with Gasteiger partial charge in [-0.2, -0.15) is 0 Å². The van der Waals surface area contributed by atoms with Gasteiger partial charge in [-0.05, 0) is 44.4 Å². The molecule has 0 spiro atoms. The fourth-order valence-electron chi connectivity index (χ4n) is 3.42. The van der Waals surface area contributed by atoms with Gasteiger partial charge in [-0.1, -0.05) is 26.0 Å². The summed E-state index contributed by atoms with van der Waals surface area (Å²) in [5.74, 6) is 1.73. The van der Waals surface area contributed by atoms with Crippen LogP contribution in [0.3, 0.4) is 0 Å². The van der Waals surface area contributed by atoms with Crippen molar-refractivity contribution in [2.75, 3.05) is 39.9 Å². The fraction of sp³-hybridized carbons (Fsp3) is 0.636. The maximum Gasteiger partial charge on any atom is 0.309 e. The molecule has 0 aromatic heterocycles. The van der Waals surface area contributed by atoms with E-state index in [1.807, 2.05) is 19.1 Å². The van der Waals surface area contributed by atoms with Gasteiger partial charge in [0.05, 0.1) is 26.2 Å². The SMILES string of the molecule is CCNC(=NCC(C)(C)c1ccc(OC)cc1)N1CCC(C(=O)OCC)CC1. The highest BCUT2D eigenvalue weighted by Crippen LogP contribution is 2.26. The Kier molecular flexibility index (Phi) is 8.15. The largest absolute Gasteiger partial charge is 0.497 e. The van der Waals surface area contributed by atoms with Crippen molar-refractivity contribution in [3.8, 4) is 5.75 Å². The third-order valence-electron chi connectivity index (χ3n) is 5.24. The summed E-state index contributed by atoms with van der Waals surface area (Å²) in [6, 6.07) is 8.19. The molecule has 0 bridgehead atoms. The van der Waals surface area contributed by atoms with Gasteiger partial charge in [0.1, 0.15) is 5.75 Å². The molecule has 0 unspecified atom stereocenters. The first-order chi connectivity index (χ1) is 13.4. The number of hydrogen-bond donors (Lipinski definition) is 1. The Bertz CT molecular complexity index is 647. The molecule has 1 heterocycles. The molecule has 1 saturated heterocycles. The number of ether oxygens (including phenoxy) is 2. The lowest BCUT2D eigenvalue weighted by molar-refractivity contribution is -0.149. The molecule has 1 aliphatic heterocycles. The molecular formula is C22H35N3O3. The highest BCUT2D eigenvalue weighted by Gasteiger charge is 2.28. The van der Waals surface area contributed by atoms with Gasteiger partial charge < -0.3 is 19.7 Å². The van der Waals surface area contributed by atoms with Crippen molar-refractivity contribution in [2.24, 2.45) is 10.9 Å². The Balaban J connectivity index is 2.02. The van der Waals surface area contributed by atoms with E-state index in [0.29, 0.717) is 13.2 Å². The normalized spacial score (nSPS) is 16.0. The fourth-order valence-corrected chi connectivity index (χ4v) is 3.42. The van der Waals surface area contributed by atoms with Gasteiger partial charge in [-0.25, -0.2) is 0 Å². The van der Waals surface area contributed by atoms with E-state index in [2.05, 4.69) is 43.1 Å². The highest BCUT2D eigenvalue weighted by atomic mass is 16.5. The van der Waals surface area contributed by atoms with E-state index >= 15 is 0 Å². The number of guanidine groups is 1. The number of aliphatic imine (C=N–C) groups is 1. The van der Waals surface area contributed by atoms with Crippen LogP contribution in [-0.2, 0) is 14.9 Å². The van der Waals surface area contributed by atoms with Crippen LogP contribution in [0.4, 0.5) is 0 Å². The molecule has 6 heteroatoms. The lowest BCUT2D eigenvalue weighted by Gasteiger charge is -2.34. The molecule has 0 radical (unpaired) electrons. The minimum absolute atomic E-state index is 0.00909. The summed E-state index contributed by atoms with van der Waals surface area (Å²) < 4.78 is 10.4. The third-order valence-corrected chi connectivity index (χ3v) is 5.24. The van der Waals surface area contributed by atoms with E-state index in [4.69, 9.17) is 14.5 Å². The lowest BCUT2D eigenvalue weighted by Crippen LogP contribution is -2.47. The first-order valence-corrected chi connectivity index (χ1v) is 10.3. The van der Waals surface area contributed by atoms with Crippen molar-refractivity contribution >= 4 is 11.9 Å². The molecule has 2 rings (SSSR count). The van der Waals surface area contributed by atoms with Crippen molar-refractivity contribution in [3.63, 3.8) is 0 Å².